The highest BCUT2D eigenvalue weighted by molar-refractivity contribution is 7.94. The van der Waals surface area contributed by atoms with Crippen LogP contribution in [-0.2, 0) is 14.8 Å². The molecule has 9 nitrogen and oxygen atoms in total. The number of hydrogen-bond donors (Lipinski definition) is 2. The number of sulfonamides is 1. The Hall–Kier alpha value is -3.31. The molecular formula is C19H18N4O5S2. The number of rotatable bonds is 7. The summed E-state index contributed by atoms with van der Waals surface area (Å²) in [6.07, 6.45) is 0. The largest absolute Gasteiger partial charge is 0.462 e. The van der Waals surface area contributed by atoms with Gasteiger partial charge in [-0.25, -0.2) is 4.79 Å². The van der Waals surface area contributed by atoms with Crippen LogP contribution in [0.5, 0.6) is 0 Å². The lowest BCUT2D eigenvalue weighted by atomic mass is 10.1. The van der Waals surface area contributed by atoms with Crippen LogP contribution < -0.4 is 10.0 Å². The Balaban J connectivity index is 1.74. The Morgan fingerprint density at radius 1 is 1.10 bits per heavy atom. The summed E-state index contributed by atoms with van der Waals surface area (Å²) in [6, 6.07) is 12.9. The van der Waals surface area contributed by atoms with Crippen molar-refractivity contribution in [1.82, 2.24) is 10.2 Å². The number of hydrogen-bond acceptors (Lipinski definition) is 8. The number of carbonyl (C=O) groups excluding carboxylic acids is 2. The molecule has 3 aromatic rings. The van der Waals surface area contributed by atoms with Gasteiger partial charge in [0.1, 0.15) is 0 Å². The summed E-state index contributed by atoms with van der Waals surface area (Å²) < 4.78 is 32.1. The van der Waals surface area contributed by atoms with Crippen LogP contribution in [0, 0.1) is 6.92 Å². The van der Waals surface area contributed by atoms with Crippen molar-refractivity contribution < 1.29 is 22.7 Å². The van der Waals surface area contributed by atoms with Crippen LogP contribution in [0.1, 0.15) is 33.2 Å². The SMILES string of the molecule is CCOC(=O)c1cccc(NS(=O)(=O)c2nnc(NC(=O)c3ccccc3C)s2)c1. The number of nitrogens with zero attached hydrogens (tertiary/aromatic N) is 2. The molecule has 156 valence electrons. The monoisotopic (exact) mass is 446 g/mol. The molecule has 30 heavy (non-hydrogen) atoms. The first kappa shape index (κ1) is 21.4. The van der Waals surface area contributed by atoms with Crippen LogP contribution in [-0.4, -0.2) is 37.1 Å². The number of ether oxygens (including phenoxy) is 1. The molecule has 0 aliphatic heterocycles. The lowest BCUT2D eigenvalue weighted by Crippen LogP contribution is -2.13. The van der Waals surface area contributed by atoms with Crippen molar-refractivity contribution in [3.8, 4) is 0 Å². The number of aromatic nitrogens is 2. The number of benzene rings is 2. The van der Waals surface area contributed by atoms with Crippen molar-refractivity contribution in [2.45, 2.75) is 18.2 Å². The van der Waals surface area contributed by atoms with Gasteiger partial charge in [0.2, 0.25) is 5.13 Å². The Morgan fingerprint density at radius 2 is 1.87 bits per heavy atom. The predicted octanol–water partition coefficient (Wildman–Crippen LogP) is 3.08. The topological polar surface area (TPSA) is 127 Å². The second-order valence-corrected chi connectivity index (χ2v) is 8.88. The molecule has 1 aromatic heterocycles. The van der Waals surface area contributed by atoms with E-state index >= 15 is 0 Å². The van der Waals surface area contributed by atoms with Gasteiger partial charge in [0, 0.05) is 11.3 Å². The van der Waals surface area contributed by atoms with E-state index in [1.807, 2.05) is 6.07 Å². The van der Waals surface area contributed by atoms with Gasteiger partial charge in [-0.2, -0.15) is 8.42 Å². The van der Waals surface area contributed by atoms with E-state index in [9.17, 15) is 18.0 Å². The first-order valence-electron chi connectivity index (χ1n) is 8.80. The first-order valence-corrected chi connectivity index (χ1v) is 11.1. The van der Waals surface area contributed by atoms with Crippen LogP contribution in [0.3, 0.4) is 0 Å². The van der Waals surface area contributed by atoms with E-state index in [2.05, 4.69) is 20.2 Å². The number of anilines is 2. The minimum Gasteiger partial charge on any atom is -0.462 e. The van der Waals surface area contributed by atoms with Crippen LogP contribution in [0.25, 0.3) is 0 Å². The van der Waals surface area contributed by atoms with Crippen molar-refractivity contribution in [3.05, 3.63) is 65.2 Å². The molecule has 2 N–H and O–H groups in total. The summed E-state index contributed by atoms with van der Waals surface area (Å²) in [4.78, 5) is 24.2. The van der Waals surface area contributed by atoms with E-state index in [4.69, 9.17) is 4.74 Å². The number of esters is 1. The fraction of sp³-hybridized carbons (Fsp3) is 0.158. The highest BCUT2D eigenvalue weighted by Gasteiger charge is 2.22. The fourth-order valence-corrected chi connectivity index (χ4v) is 4.43. The summed E-state index contributed by atoms with van der Waals surface area (Å²) in [5.41, 5.74) is 1.60. The molecule has 0 saturated heterocycles. The van der Waals surface area contributed by atoms with Crippen molar-refractivity contribution >= 4 is 44.1 Å². The molecule has 0 bridgehead atoms. The number of carbonyl (C=O) groups is 2. The number of nitrogens with one attached hydrogen (secondary N) is 2. The Morgan fingerprint density at radius 3 is 2.60 bits per heavy atom. The molecule has 0 radical (unpaired) electrons. The van der Waals surface area contributed by atoms with E-state index in [1.165, 1.54) is 24.3 Å². The molecule has 0 saturated carbocycles. The van der Waals surface area contributed by atoms with Crippen molar-refractivity contribution in [1.29, 1.82) is 0 Å². The molecular weight excluding hydrogens is 428 g/mol. The van der Waals surface area contributed by atoms with Gasteiger partial charge in [-0.3, -0.25) is 14.8 Å². The zero-order valence-electron chi connectivity index (χ0n) is 16.1. The summed E-state index contributed by atoms with van der Waals surface area (Å²) in [5, 5.41) is 9.98. The molecule has 2 aromatic carbocycles. The molecule has 0 fully saturated rings. The van der Waals surface area contributed by atoms with E-state index in [0.29, 0.717) is 16.9 Å². The van der Waals surface area contributed by atoms with Gasteiger partial charge in [-0.05, 0) is 43.7 Å². The van der Waals surface area contributed by atoms with Gasteiger partial charge in [-0.15, -0.1) is 10.2 Å². The standard InChI is InChI=1S/C19H18N4O5S2/c1-3-28-17(25)13-8-6-9-14(11-13)23-30(26,27)19-22-21-18(29-19)20-16(24)15-10-5-4-7-12(15)2/h4-11,23H,3H2,1-2H3,(H,20,21,24). The second-order valence-electron chi connectivity index (χ2n) is 6.05. The molecule has 0 aliphatic rings. The van der Waals surface area contributed by atoms with Crippen molar-refractivity contribution in [2.75, 3.05) is 16.6 Å². The second kappa shape index (κ2) is 9.01. The normalized spacial score (nSPS) is 11.0. The zero-order chi connectivity index (χ0) is 21.7. The third-order valence-electron chi connectivity index (χ3n) is 3.87. The van der Waals surface area contributed by atoms with Crippen LogP contribution in [0.15, 0.2) is 52.9 Å². The molecule has 0 atom stereocenters. The van der Waals surface area contributed by atoms with Gasteiger partial charge in [0.25, 0.3) is 20.3 Å². The summed E-state index contributed by atoms with van der Waals surface area (Å²) in [5.74, 6) is -0.973. The smallest absolute Gasteiger partial charge is 0.338 e. The average Bonchev–Trinajstić information content (AvgIpc) is 3.18. The maximum Gasteiger partial charge on any atom is 0.338 e. The number of aryl methyl sites for hydroxylation is 1. The fourth-order valence-electron chi connectivity index (χ4n) is 2.48. The molecule has 0 unspecified atom stereocenters. The van der Waals surface area contributed by atoms with Gasteiger partial charge < -0.3 is 4.74 Å². The first-order chi connectivity index (χ1) is 14.3. The maximum absolute atomic E-state index is 12.6. The third kappa shape index (κ3) is 4.99. The van der Waals surface area contributed by atoms with Crippen LogP contribution >= 0.6 is 11.3 Å². The highest BCUT2D eigenvalue weighted by Crippen LogP contribution is 2.24. The summed E-state index contributed by atoms with van der Waals surface area (Å²) >= 11 is 0.710. The van der Waals surface area contributed by atoms with Gasteiger partial charge in [0.05, 0.1) is 12.2 Å². The highest BCUT2D eigenvalue weighted by atomic mass is 32.2. The van der Waals surface area contributed by atoms with Crippen molar-refractivity contribution in [2.24, 2.45) is 0 Å². The van der Waals surface area contributed by atoms with Gasteiger partial charge >= 0.3 is 5.97 Å². The number of amides is 1. The zero-order valence-corrected chi connectivity index (χ0v) is 17.7. The van der Waals surface area contributed by atoms with Crippen LogP contribution in [0.4, 0.5) is 10.8 Å². The lowest BCUT2D eigenvalue weighted by molar-refractivity contribution is 0.0526. The molecule has 1 amide bonds. The molecule has 0 aliphatic carbocycles. The minimum atomic E-state index is -4.06. The molecule has 1 heterocycles. The lowest BCUT2D eigenvalue weighted by Gasteiger charge is -2.07. The van der Waals surface area contributed by atoms with Gasteiger partial charge in [0.15, 0.2) is 0 Å². The molecule has 11 heteroatoms. The summed E-state index contributed by atoms with van der Waals surface area (Å²) in [6.45, 7) is 3.67. The third-order valence-corrected chi connectivity index (χ3v) is 6.46. The van der Waals surface area contributed by atoms with Gasteiger partial charge in [-0.1, -0.05) is 35.6 Å². The Bertz CT molecular complexity index is 1190. The van der Waals surface area contributed by atoms with Crippen molar-refractivity contribution in [3.63, 3.8) is 0 Å². The van der Waals surface area contributed by atoms with Crippen LogP contribution in [0.2, 0.25) is 0 Å². The van der Waals surface area contributed by atoms with E-state index in [1.54, 1.807) is 32.0 Å². The molecule has 3 rings (SSSR count). The predicted molar refractivity (Wildman–Crippen MR) is 112 cm³/mol. The van der Waals surface area contributed by atoms with E-state index in [0.717, 1.165) is 5.56 Å². The quantitative estimate of drug-likeness (QED) is 0.422. The average molecular weight is 447 g/mol. The Labute approximate surface area is 177 Å². The van der Waals surface area contributed by atoms with E-state index in [-0.39, 0.29) is 27.3 Å². The molecule has 0 spiro atoms. The maximum atomic E-state index is 12.6. The summed E-state index contributed by atoms with van der Waals surface area (Å²) in [7, 11) is -4.06. The Kier molecular flexibility index (Phi) is 6.43. The van der Waals surface area contributed by atoms with E-state index < -0.39 is 21.9 Å². The minimum absolute atomic E-state index is 0.0453.